The zero-order chi connectivity index (χ0) is 15.3. The normalized spacial score (nSPS) is 13.1. The van der Waals surface area contributed by atoms with Gasteiger partial charge < -0.3 is 15.8 Å². The SMILES string of the molecule is CC(C)C(CNc1ccnc(N)n1)C(=O)OC(C)(C)C. The fraction of sp³-hybridized carbons (Fsp3) is 0.643. The van der Waals surface area contributed by atoms with Gasteiger partial charge in [0.15, 0.2) is 0 Å². The number of aromatic nitrogens is 2. The molecule has 0 aliphatic heterocycles. The Kier molecular flexibility index (Phi) is 5.30. The molecule has 20 heavy (non-hydrogen) atoms. The summed E-state index contributed by atoms with van der Waals surface area (Å²) in [4.78, 5) is 20.0. The lowest BCUT2D eigenvalue weighted by atomic mass is 9.95. The first kappa shape index (κ1) is 16.2. The highest BCUT2D eigenvalue weighted by atomic mass is 16.6. The maximum absolute atomic E-state index is 12.2. The molecule has 0 aliphatic carbocycles. The number of nitrogens with one attached hydrogen (secondary N) is 1. The molecule has 3 N–H and O–H groups in total. The minimum Gasteiger partial charge on any atom is -0.460 e. The number of nitrogens with two attached hydrogens (primary N) is 1. The average molecular weight is 280 g/mol. The predicted octanol–water partition coefficient (Wildman–Crippen LogP) is 2.08. The molecule has 0 bridgehead atoms. The van der Waals surface area contributed by atoms with E-state index < -0.39 is 5.60 Å². The summed E-state index contributed by atoms with van der Waals surface area (Å²) >= 11 is 0. The van der Waals surface area contributed by atoms with Crippen LogP contribution in [0.25, 0.3) is 0 Å². The minimum atomic E-state index is -0.483. The number of esters is 1. The predicted molar refractivity (Wildman–Crippen MR) is 79.1 cm³/mol. The zero-order valence-corrected chi connectivity index (χ0v) is 12.8. The number of hydrogen-bond acceptors (Lipinski definition) is 6. The molecule has 1 atom stereocenters. The fourth-order valence-corrected chi connectivity index (χ4v) is 1.66. The first-order chi connectivity index (χ1) is 9.19. The summed E-state index contributed by atoms with van der Waals surface area (Å²) in [7, 11) is 0. The number of nitrogens with zero attached hydrogens (tertiary/aromatic N) is 2. The van der Waals surface area contributed by atoms with Crippen molar-refractivity contribution in [2.45, 2.75) is 40.2 Å². The standard InChI is InChI=1S/C14H24N4O2/c1-9(2)10(12(19)20-14(3,4)5)8-17-11-6-7-16-13(15)18-11/h6-7,9-10H,8H2,1-5H3,(H3,15,16,17,18). The zero-order valence-electron chi connectivity index (χ0n) is 12.8. The summed E-state index contributed by atoms with van der Waals surface area (Å²) in [5.74, 6) is 0.518. The molecule has 0 aromatic carbocycles. The van der Waals surface area contributed by atoms with E-state index in [-0.39, 0.29) is 23.8 Å². The van der Waals surface area contributed by atoms with Crippen LogP contribution >= 0.6 is 0 Å². The van der Waals surface area contributed by atoms with Crippen LogP contribution in [0.3, 0.4) is 0 Å². The van der Waals surface area contributed by atoms with Crippen molar-refractivity contribution in [2.24, 2.45) is 11.8 Å². The van der Waals surface area contributed by atoms with Crippen molar-refractivity contribution in [3.05, 3.63) is 12.3 Å². The van der Waals surface area contributed by atoms with Gasteiger partial charge >= 0.3 is 5.97 Å². The molecule has 0 fully saturated rings. The Hall–Kier alpha value is -1.85. The number of carbonyl (C=O) groups excluding carboxylic acids is 1. The largest absolute Gasteiger partial charge is 0.460 e. The lowest BCUT2D eigenvalue weighted by Crippen LogP contribution is -2.35. The number of hydrogen-bond donors (Lipinski definition) is 2. The molecule has 1 heterocycles. The summed E-state index contributed by atoms with van der Waals surface area (Å²) in [5, 5.41) is 3.10. The van der Waals surface area contributed by atoms with Crippen molar-refractivity contribution in [1.29, 1.82) is 0 Å². The third-order valence-electron chi connectivity index (χ3n) is 2.69. The van der Waals surface area contributed by atoms with Crippen molar-refractivity contribution in [3.63, 3.8) is 0 Å². The van der Waals surface area contributed by atoms with Crippen molar-refractivity contribution in [2.75, 3.05) is 17.6 Å². The molecule has 1 unspecified atom stereocenters. The van der Waals surface area contributed by atoms with Crippen LogP contribution in [0, 0.1) is 11.8 Å². The fourth-order valence-electron chi connectivity index (χ4n) is 1.66. The Morgan fingerprint density at radius 3 is 2.60 bits per heavy atom. The highest BCUT2D eigenvalue weighted by Crippen LogP contribution is 2.18. The quantitative estimate of drug-likeness (QED) is 0.803. The summed E-state index contributed by atoms with van der Waals surface area (Å²) in [6, 6.07) is 1.71. The van der Waals surface area contributed by atoms with Crippen LogP contribution < -0.4 is 11.1 Å². The van der Waals surface area contributed by atoms with E-state index in [2.05, 4.69) is 15.3 Å². The Labute approximate surface area is 120 Å². The van der Waals surface area contributed by atoms with E-state index in [4.69, 9.17) is 10.5 Å². The average Bonchev–Trinajstić information content (AvgIpc) is 2.26. The topological polar surface area (TPSA) is 90.1 Å². The van der Waals surface area contributed by atoms with Crippen molar-refractivity contribution >= 4 is 17.7 Å². The molecule has 1 aromatic rings. The van der Waals surface area contributed by atoms with Gasteiger partial charge in [-0.3, -0.25) is 4.79 Å². The number of anilines is 2. The van der Waals surface area contributed by atoms with Gasteiger partial charge in [0.1, 0.15) is 11.4 Å². The van der Waals surface area contributed by atoms with E-state index in [1.807, 2.05) is 34.6 Å². The molecular formula is C14H24N4O2. The molecule has 0 saturated heterocycles. The molecule has 0 spiro atoms. The van der Waals surface area contributed by atoms with Gasteiger partial charge in [-0.05, 0) is 32.8 Å². The molecule has 112 valence electrons. The monoisotopic (exact) mass is 280 g/mol. The van der Waals surface area contributed by atoms with Crippen LogP contribution in [-0.4, -0.2) is 28.1 Å². The van der Waals surface area contributed by atoms with Gasteiger partial charge in [0, 0.05) is 12.7 Å². The second kappa shape index (κ2) is 6.54. The number of ether oxygens (including phenoxy) is 1. The highest BCUT2D eigenvalue weighted by Gasteiger charge is 2.27. The molecule has 1 rings (SSSR count). The Morgan fingerprint density at radius 1 is 1.45 bits per heavy atom. The van der Waals surface area contributed by atoms with Crippen LogP contribution in [0.4, 0.5) is 11.8 Å². The van der Waals surface area contributed by atoms with Crippen LogP contribution in [0.5, 0.6) is 0 Å². The van der Waals surface area contributed by atoms with Crippen LogP contribution in [0.15, 0.2) is 12.3 Å². The highest BCUT2D eigenvalue weighted by molar-refractivity contribution is 5.74. The molecule has 6 heteroatoms. The third kappa shape index (κ3) is 5.42. The molecule has 0 saturated carbocycles. The number of rotatable bonds is 5. The lowest BCUT2D eigenvalue weighted by molar-refractivity contribution is -0.161. The van der Waals surface area contributed by atoms with Gasteiger partial charge in [0.25, 0.3) is 0 Å². The maximum atomic E-state index is 12.2. The first-order valence-electron chi connectivity index (χ1n) is 6.74. The summed E-state index contributed by atoms with van der Waals surface area (Å²) in [6.07, 6.45) is 1.57. The molecule has 0 amide bonds. The van der Waals surface area contributed by atoms with Gasteiger partial charge in [-0.1, -0.05) is 13.8 Å². The van der Waals surface area contributed by atoms with Gasteiger partial charge in [-0.2, -0.15) is 4.98 Å². The van der Waals surface area contributed by atoms with Crippen LogP contribution in [0.1, 0.15) is 34.6 Å². The van der Waals surface area contributed by atoms with Crippen LogP contribution in [0.2, 0.25) is 0 Å². The van der Waals surface area contributed by atoms with Crippen LogP contribution in [-0.2, 0) is 9.53 Å². The number of carbonyl (C=O) groups is 1. The molecule has 0 aliphatic rings. The third-order valence-corrected chi connectivity index (χ3v) is 2.69. The first-order valence-corrected chi connectivity index (χ1v) is 6.74. The van der Waals surface area contributed by atoms with Gasteiger partial charge in [-0.25, -0.2) is 4.98 Å². The molecule has 0 radical (unpaired) electrons. The molecule has 1 aromatic heterocycles. The lowest BCUT2D eigenvalue weighted by Gasteiger charge is -2.26. The van der Waals surface area contributed by atoms with Gasteiger partial charge in [0.05, 0.1) is 5.92 Å². The molecule has 6 nitrogen and oxygen atoms in total. The minimum absolute atomic E-state index is 0.163. The second-order valence-electron chi connectivity index (χ2n) is 6.06. The van der Waals surface area contributed by atoms with E-state index in [0.29, 0.717) is 12.4 Å². The van der Waals surface area contributed by atoms with Crippen molar-refractivity contribution in [1.82, 2.24) is 9.97 Å². The van der Waals surface area contributed by atoms with E-state index in [1.165, 1.54) is 0 Å². The summed E-state index contributed by atoms with van der Waals surface area (Å²) in [5.41, 5.74) is 5.03. The second-order valence-corrected chi connectivity index (χ2v) is 6.06. The van der Waals surface area contributed by atoms with E-state index in [0.717, 1.165) is 0 Å². The van der Waals surface area contributed by atoms with Gasteiger partial charge in [-0.15, -0.1) is 0 Å². The Morgan fingerprint density at radius 2 is 2.10 bits per heavy atom. The summed E-state index contributed by atoms with van der Waals surface area (Å²) in [6.45, 7) is 10.0. The van der Waals surface area contributed by atoms with Gasteiger partial charge in [0.2, 0.25) is 5.95 Å². The number of nitrogen functional groups attached to an aromatic ring is 1. The Bertz CT molecular complexity index is 455. The van der Waals surface area contributed by atoms with E-state index >= 15 is 0 Å². The smallest absolute Gasteiger partial charge is 0.311 e. The Balaban J connectivity index is 2.66. The maximum Gasteiger partial charge on any atom is 0.311 e. The van der Waals surface area contributed by atoms with E-state index in [1.54, 1.807) is 12.3 Å². The van der Waals surface area contributed by atoms with Crippen molar-refractivity contribution < 1.29 is 9.53 Å². The van der Waals surface area contributed by atoms with Crippen molar-refractivity contribution in [3.8, 4) is 0 Å². The summed E-state index contributed by atoms with van der Waals surface area (Å²) < 4.78 is 5.44. The molecular weight excluding hydrogens is 256 g/mol. The van der Waals surface area contributed by atoms with E-state index in [9.17, 15) is 4.79 Å².